The smallest absolute Gasteiger partial charge is 0.264 e. The first kappa shape index (κ1) is 44.6. The number of para-hydroxylation sites is 2. The van der Waals surface area contributed by atoms with Crippen LogP contribution in [0.3, 0.4) is 0 Å². The molecule has 8 aromatic rings. The van der Waals surface area contributed by atoms with Crippen molar-refractivity contribution >= 4 is 65.0 Å². The summed E-state index contributed by atoms with van der Waals surface area (Å²) in [7, 11) is -3.53. The average Bonchev–Trinajstić information content (AvgIpc) is 4.16. The Labute approximate surface area is 393 Å². The number of halogens is 1. The molecule has 13 nitrogen and oxygen atoms in total. The highest BCUT2D eigenvalue weighted by Gasteiger charge is 2.66. The maximum absolute atomic E-state index is 16.9. The van der Waals surface area contributed by atoms with E-state index in [1.807, 2.05) is 135 Å². The van der Waals surface area contributed by atoms with Crippen LogP contribution >= 0.6 is 0 Å². The fourth-order valence-corrected chi connectivity index (χ4v) is 13.2. The van der Waals surface area contributed by atoms with Gasteiger partial charge in [0.1, 0.15) is 0 Å². The lowest BCUT2D eigenvalue weighted by atomic mass is 9.82. The quantitative estimate of drug-likeness (QED) is 0.0504. The molecule has 15 heteroatoms. The number of hydrogen-bond acceptors (Lipinski definition) is 7. The van der Waals surface area contributed by atoms with Crippen LogP contribution in [0.1, 0.15) is 52.8 Å². The minimum atomic E-state index is -3.53. The average molecular weight is 929 g/mol. The van der Waals surface area contributed by atoms with Crippen LogP contribution in [0.4, 0.5) is 21.2 Å². The summed E-state index contributed by atoms with van der Waals surface area (Å²) in [5.41, 5.74) is 6.18. The molecule has 0 saturated carbocycles. The van der Waals surface area contributed by atoms with Gasteiger partial charge in [-0.05, 0) is 84.2 Å². The number of aromatic nitrogens is 5. The Hall–Kier alpha value is -7.20. The largest absolute Gasteiger partial charge is 0.395 e. The molecule has 5 atom stereocenters. The van der Waals surface area contributed by atoms with Crippen molar-refractivity contribution in [3.63, 3.8) is 0 Å². The molecule has 0 bridgehead atoms. The first-order valence-corrected chi connectivity index (χ1v) is 26.0. The zero-order valence-electron chi connectivity index (χ0n) is 38.1. The third-order valence-electron chi connectivity index (χ3n) is 13.8. The number of fused-ring (bicyclic) bond motifs is 4. The standard InChI is InChI=1S/C53H53FN8O5Si/c1-33-51(68(2,3)54)48(23-24-61-31-46(59-60-61)42(32-63)35-11-5-4-6-12-35)67-53(33)43-27-39(58-50(65)26-37-29-56-45-16-10-8-14-41(37)45)21-22-47(43)62(52(53)66)30-34-17-19-38(20-18-34)57-49(64)25-36-28-55-44-15-9-7-13-40(36)44/h4-22,27-29,31,33,42,48,51,55-56,63H,23-26,30,32H2,1-3H3,(H,57,64)(H,58,65)/t33-,42?,48+,51-,53+/m0/s1. The summed E-state index contributed by atoms with van der Waals surface area (Å²) in [6.45, 7) is 5.63. The predicted octanol–water partition coefficient (Wildman–Crippen LogP) is 9.14. The van der Waals surface area contributed by atoms with Crippen molar-refractivity contribution in [2.75, 3.05) is 22.1 Å². The van der Waals surface area contributed by atoms with Crippen molar-refractivity contribution in [2.45, 2.75) is 75.5 Å². The second-order valence-corrected chi connectivity index (χ2v) is 22.4. The van der Waals surface area contributed by atoms with Crippen molar-refractivity contribution in [1.82, 2.24) is 25.0 Å². The number of rotatable bonds is 15. The van der Waals surface area contributed by atoms with Crippen LogP contribution in [0.5, 0.6) is 0 Å². The topological polar surface area (TPSA) is 170 Å². The molecule has 5 heterocycles. The number of aliphatic hydroxyl groups is 1. The van der Waals surface area contributed by atoms with Gasteiger partial charge in [0, 0.05) is 75.3 Å². The molecule has 68 heavy (non-hydrogen) atoms. The van der Waals surface area contributed by atoms with Crippen molar-refractivity contribution in [3.8, 4) is 0 Å². The number of H-pyrrole nitrogens is 2. The summed E-state index contributed by atoms with van der Waals surface area (Å²) in [6, 6.07) is 38.1. The van der Waals surface area contributed by atoms with E-state index < -0.39 is 31.6 Å². The van der Waals surface area contributed by atoms with E-state index in [-0.39, 0.29) is 49.6 Å². The van der Waals surface area contributed by atoms with Gasteiger partial charge in [-0.3, -0.25) is 19.1 Å². The monoisotopic (exact) mass is 928 g/mol. The van der Waals surface area contributed by atoms with Gasteiger partial charge < -0.3 is 39.5 Å². The van der Waals surface area contributed by atoms with Gasteiger partial charge in [0.05, 0.1) is 49.4 Å². The highest BCUT2D eigenvalue weighted by molar-refractivity contribution is 6.72. The number of amides is 3. The molecular weight excluding hydrogens is 876 g/mol. The summed E-state index contributed by atoms with van der Waals surface area (Å²) in [4.78, 5) is 50.3. The predicted molar refractivity (Wildman–Crippen MR) is 263 cm³/mol. The Morgan fingerprint density at radius 2 is 1.44 bits per heavy atom. The van der Waals surface area contributed by atoms with Gasteiger partial charge in [0.25, 0.3) is 5.91 Å². The molecule has 2 aliphatic heterocycles. The zero-order valence-corrected chi connectivity index (χ0v) is 39.1. The molecule has 1 unspecified atom stereocenters. The third kappa shape index (κ3) is 8.41. The van der Waals surface area contributed by atoms with Crippen LogP contribution in [0, 0.1) is 5.92 Å². The van der Waals surface area contributed by atoms with Gasteiger partial charge >= 0.3 is 0 Å². The molecule has 3 amide bonds. The Balaban J connectivity index is 0.923. The second kappa shape index (κ2) is 18.1. The minimum absolute atomic E-state index is 0.129. The first-order chi connectivity index (χ1) is 32.9. The summed E-state index contributed by atoms with van der Waals surface area (Å²) in [5, 5.41) is 27.1. The summed E-state index contributed by atoms with van der Waals surface area (Å²) in [6.07, 6.45) is 5.53. The van der Waals surface area contributed by atoms with Gasteiger partial charge in [-0.15, -0.1) is 5.10 Å². The van der Waals surface area contributed by atoms with Crippen molar-refractivity contribution in [2.24, 2.45) is 5.92 Å². The normalized spacial score (nSPS) is 19.5. The maximum atomic E-state index is 16.9. The number of aliphatic hydroxyl groups excluding tert-OH is 1. The molecule has 5 N–H and O–H groups in total. The minimum Gasteiger partial charge on any atom is -0.395 e. The van der Waals surface area contributed by atoms with E-state index in [0.717, 1.165) is 44.1 Å². The SMILES string of the molecule is C[C@H]1[C@H]([Si](C)(C)F)[C@@H](CCn2cc(C(CO)c3ccccc3)nn2)O[C@]12C(=O)N(Cc1ccc(NC(=O)Cc3c[nH]c4ccccc34)cc1)c1ccc(NC(=O)Cc3c[nH]c4ccccc34)cc12. The van der Waals surface area contributed by atoms with Crippen LogP contribution in [0.2, 0.25) is 18.6 Å². The van der Waals surface area contributed by atoms with Crippen LogP contribution in [-0.4, -0.2) is 68.9 Å². The highest BCUT2D eigenvalue weighted by Crippen LogP contribution is 2.60. The van der Waals surface area contributed by atoms with E-state index in [0.29, 0.717) is 41.3 Å². The summed E-state index contributed by atoms with van der Waals surface area (Å²) < 4.78 is 25.7. The van der Waals surface area contributed by atoms with Crippen LogP contribution in [0.25, 0.3) is 21.8 Å². The van der Waals surface area contributed by atoms with Gasteiger partial charge in [-0.25, -0.2) is 0 Å². The van der Waals surface area contributed by atoms with Gasteiger partial charge in [-0.2, -0.15) is 0 Å². The molecule has 1 fully saturated rings. The van der Waals surface area contributed by atoms with E-state index in [9.17, 15) is 14.7 Å². The fourth-order valence-electron chi connectivity index (χ4n) is 10.6. The molecule has 0 aliphatic carbocycles. The van der Waals surface area contributed by atoms with Gasteiger partial charge in [0.2, 0.25) is 20.2 Å². The Kier molecular flexibility index (Phi) is 11.9. The van der Waals surface area contributed by atoms with E-state index in [4.69, 9.17) is 4.74 Å². The number of ether oxygens (including phenoxy) is 1. The van der Waals surface area contributed by atoms with Crippen molar-refractivity contribution < 1.29 is 28.3 Å². The molecule has 10 rings (SSSR count). The second-order valence-electron chi connectivity index (χ2n) is 18.6. The van der Waals surface area contributed by atoms with Crippen LogP contribution < -0.4 is 15.5 Å². The van der Waals surface area contributed by atoms with E-state index in [1.54, 1.807) is 34.9 Å². The molecule has 2 aliphatic rings. The third-order valence-corrected chi connectivity index (χ3v) is 16.3. The van der Waals surface area contributed by atoms with Crippen LogP contribution in [0.15, 0.2) is 140 Å². The number of aryl methyl sites for hydroxylation is 1. The zero-order chi connectivity index (χ0) is 47.2. The molecule has 0 radical (unpaired) electrons. The molecular formula is C53H53FN8O5Si. The maximum Gasteiger partial charge on any atom is 0.264 e. The number of carbonyl (C=O) groups excluding carboxylic acids is 3. The lowest BCUT2D eigenvalue weighted by Crippen LogP contribution is -2.45. The molecule has 3 aromatic heterocycles. The Morgan fingerprint density at radius 1 is 0.838 bits per heavy atom. The van der Waals surface area contributed by atoms with Crippen molar-refractivity contribution in [3.05, 3.63) is 173 Å². The molecule has 1 spiro atoms. The van der Waals surface area contributed by atoms with E-state index >= 15 is 8.90 Å². The van der Waals surface area contributed by atoms with Gasteiger partial charge in [0.15, 0.2) is 5.60 Å². The number of aromatic amines is 2. The molecule has 1 saturated heterocycles. The Morgan fingerprint density at radius 3 is 2.07 bits per heavy atom. The van der Waals surface area contributed by atoms with Crippen molar-refractivity contribution in [1.29, 1.82) is 0 Å². The number of nitrogens with one attached hydrogen (secondary N) is 4. The molecule has 5 aromatic carbocycles. The fraction of sp³-hybridized carbons (Fsp3) is 0.264. The number of benzene rings is 5. The Bertz CT molecular complexity index is 3140. The van der Waals surface area contributed by atoms with Crippen LogP contribution in [-0.2, 0) is 50.7 Å². The summed E-state index contributed by atoms with van der Waals surface area (Å²) >= 11 is 0. The lowest BCUT2D eigenvalue weighted by molar-refractivity contribution is -0.146. The molecule has 346 valence electrons. The lowest BCUT2D eigenvalue weighted by Gasteiger charge is -2.31. The number of nitrogens with zero attached hydrogens (tertiary/aromatic N) is 4. The highest BCUT2D eigenvalue weighted by atomic mass is 28.4. The van der Waals surface area contributed by atoms with Gasteiger partial charge in [-0.1, -0.05) is 91.0 Å². The number of hydrogen-bond donors (Lipinski definition) is 5. The summed E-state index contributed by atoms with van der Waals surface area (Å²) in [5.74, 6) is -1.62. The van der Waals surface area contributed by atoms with E-state index in [2.05, 4.69) is 30.9 Å². The number of carbonyl (C=O) groups is 3. The number of anilines is 3. The van der Waals surface area contributed by atoms with E-state index in [1.165, 1.54) is 0 Å². The first-order valence-electron chi connectivity index (χ1n) is 23.1.